The highest BCUT2D eigenvalue weighted by Gasteiger charge is 2.39. The van der Waals surface area contributed by atoms with Crippen molar-refractivity contribution < 1.29 is 9.53 Å². The zero-order valence-corrected chi connectivity index (χ0v) is 11.0. The van der Waals surface area contributed by atoms with Gasteiger partial charge in [0.25, 0.3) is 0 Å². The first kappa shape index (κ1) is 13.0. The van der Waals surface area contributed by atoms with E-state index >= 15 is 0 Å². The Kier molecular flexibility index (Phi) is 3.97. The Morgan fingerprint density at radius 2 is 2.33 bits per heavy atom. The van der Waals surface area contributed by atoms with E-state index in [1.165, 1.54) is 0 Å². The second kappa shape index (κ2) is 5.48. The number of Topliss-reactive ketones (excluding diaryl/α,β-unsaturated/α-hetero) is 1. The quantitative estimate of drug-likeness (QED) is 0.810. The summed E-state index contributed by atoms with van der Waals surface area (Å²) in [7, 11) is 0. The lowest BCUT2D eigenvalue weighted by molar-refractivity contribution is 0.0809. The molecule has 1 atom stereocenters. The van der Waals surface area contributed by atoms with Gasteiger partial charge in [-0.3, -0.25) is 9.78 Å². The van der Waals surface area contributed by atoms with Gasteiger partial charge < -0.3 is 10.1 Å². The van der Waals surface area contributed by atoms with Crippen LogP contribution in [0, 0.1) is 5.41 Å². The van der Waals surface area contributed by atoms with Gasteiger partial charge in [0.2, 0.25) is 0 Å². The van der Waals surface area contributed by atoms with E-state index in [0.29, 0.717) is 17.9 Å². The van der Waals surface area contributed by atoms with Crippen molar-refractivity contribution >= 4 is 5.78 Å². The van der Waals surface area contributed by atoms with E-state index in [-0.39, 0.29) is 11.2 Å². The van der Waals surface area contributed by atoms with Crippen LogP contribution in [0.5, 0.6) is 5.75 Å². The van der Waals surface area contributed by atoms with E-state index in [4.69, 9.17) is 4.74 Å². The van der Waals surface area contributed by atoms with Crippen LogP contribution in [-0.2, 0) is 0 Å². The summed E-state index contributed by atoms with van der Waals surface area (Å²) in [5.74, 6) is 0.851. The number of hydrogen-bond donors (Lipinski definition) is 1. The van der Waals surface area contributed by atoms with Crippen molar-refractivity contribution in [3.8, 4) is 5.75 Å². The molecule has 1 unspecified atom stereocenters. The number of aromatic nitrogens is 1. The summed E-state index contributed by atoms with van der Waals surface area (Å²) in [6, 6.07) is 1.80. The van der Waals surface area contributed by atoms with Crippen LogP contribution in [0.15, 0.2) is 18.5 Å². The van der Waals surface area contributed by atoms with E-state index in [0.717, 1.165) is 25.9 Å². The third kappa shape index (κ3) is 2.38. The second-order valence-electron chi connectivity index (χ2n) is 4.73. The minimum Gasteiger partial charge on any atom is -0.492 e. The largest absolute Gasteiger partial charge is 0.492 e. The fourth-order valence-electron chi connectivity index (χ4n) is 2.49. The van der Waals surface area contributed by atoms with Gasteiger partial charge in [-0.05, 0) is 32.4 Å². The van der Waals surface area contributed by atoms with E-state index in [1.807, 2.05) is 6.92 Å². The Balaban J connectivity index is 2.24. The third-order valence-corrected chi connectivity index (χ3v) is 3.69. The number of rotatable bonds is 5. The molecule has 0 radical (unpaired) electrons. The number of hydrogen-bond acceptors (Lipinski definition) is 4. The Bertz CT molecular complexity index is 426. The maximum absolute atomic E-state index is 12.6. The van der Waals surface area contributed by atoms with Gasteiger partial charge in [0.1, 0.15) is 5.75 Å². The van der Waals surface area contributed by atoms with Crippen LogP contribution in [0.2, 0.25) is 0 Å². The van der Waals surface area contributed by atoms with Crippen molar-refractivity contribution in [2.45, 2.75) is 26.7 Å². The molecule has 0 aromatic carbocycles. The van der Waals surface area contributed by atoms with Crippen LogP contribution >= 0.6 is 0 Å². The summed E-state index contributed by atoms with van der Waals surface area (Å²) in [6.07, 6.45) is 5.05. The first-order valence-electron chi connectivity index (χ1n) is 6.55. The number of carbonyl (C=O) groups excluding carboxylic acids is 1. The summed E-state index contributed by atoms with van der Waals surface area (Å²) >= 11 is 0. The SMILES string of the molecule is CCOc1cncc(C(=O)C2(CC)CCNC2)c1. The molecule has 0 aliphatic carbocycles. The fraction of sp³-hybridized carbons (Fsp3) is 0.571. The minimum absolute atomic E-state index is 0.184. The summed E-state index contributed by atoms with van der Waals surface area (Å²) in [6.45, 7) is 6.26. The van der Waals surface area contributed by atoms with Gasteiger partial charge in [0, 0.05) is 23.7 Å². The molecule has 1 N–H and O–H groups in total. The van der Waals surface area contributed by atoms with Crippen LogP contribution in [-0.4, -0.2) is 30.5 Å². The van der Waals surface area contributed by atoms with Gasteiger partial charge in [-0.15, -0.1) is 0 Å². The molecule has 1 aromatic rings. The Morgan fingerprint density at radius 3 is 2.94 bits per heavy atom. The number of nitrogens with one attached hydrogen (secondary N) is 1. The van der Waals surface area contributed by atoms with Gasteiger partial charge in [-0.1, -0.05) is 6.92 Å². The highest BCUT2D eigenvalue weighted by molar-refractivity contribution is 6.01. The molecule has 2 rings (SSSR count). The van der Waals surface area contributed by atoms with Gasteiger partial charge in [-0.25, -0.2) is 0 Å². The standard InChI is InChI=1S/C14H20N2O2/c1-3-14(5-6-15-10-14)13(17)11-7-12(18-4-2)9-16-8-11/h7-9,15H,3-6,10H2,1-2H3. The van der Waals surface area contributed by atoms with E-state index < -0.39 is 0 Å². The fourth-order valence-corrected chi connectivity index (χ4v) is 2.49. The van der Waals surface area contributed by atoms with Crippen molar-refractivity contribution in [1.82, 2.24) is 10.3 Å². The molecule has 0 amide bonds. The smallest absolute Gasteiger partial charge is 0.171 e. The predicted octanol–water partition coefficient (Wildman–Crippen LogP) is 2.05. The first-order valence-corrected chi connectivity index (χ1v) is 6.55. The Hall–Kier alpha value is -1.42. The van der Waals surface area contributed by atoms with E-state index in [2.05, 4.69) is 17.2 Å². The Labute approximate surface area is 108 Å². The number of ketones is 1. The molecular weight excluding hydrogens is 228 g/mol. The number of ether oxygens (including phenoxy) is 1. The number of pyridine rings is 1. The summed E-state index contributed by atoms with van der Waals surface area (Å²) in [5, 5.41) is 3.28. The molecule has 1 aromatic heterocycles. The van der Waals surface area contributed by atoms with Gasteiger partial charge >= 0.3 is 0 Å². The maximum atomic E-state index is 12.6. The van der Waals surface area contributed by atoms with Crippen molar-refractivity contribution in [3.05, 3.63) is 24.0 Å². The first-order chi connectivity index (χ1) is 8.72. The molecule has 1 aliphatic rings. The second-order valence-corrected chi connectivity index (χ2v) is 4.73. The molecule has 18 heavy (non-hydrogen) atoms. The van der Waals surface area contributed by atoms with Crippen LogP contribution < -0.4 is 10.1 Å². The van der Waals surface area contributed by atoms with Crippen molar-refractivity contribution in [2.75, 3.05) is 19.7 Å². The van der Waals surface area contributed by atoms with Crippen molar-refractivity contribution in [3.63, 3.8) is 0 Å². The Morgan fingerprint density at radius 1 is 1.50 bits per heavy atom. The molecule has 0 saturated carbocycles. The minimum atomic E-state index is -0.257. The van der Waals surface area contributed by atoms with E-state index in [1.54, 1.807) is 18.5 Å². The monoisotopic (exact) mass is 248 g/mol. The zero-order valence-electron chi connectivity index (χ0n) is 11.0. The number of carbonyl (C=O) groups is 1. The summed E-state index contributed by atoms with van der Waals surface area (Å²) < 4.78 is 5.40. The molecule has 98 valence electrons. The average molecular weight is 248 g/mol. The molecule has 0 spiro atoms. The highest BCUT2D eigenvalue weighted by Crippen LogP contribution is 2.33. The van der Waals surface area contributed by atoms with Crippen LogP contribution in [0.3, 0.4) is 0 Å². The van der Waals surface area contributed by atoms with Crippen LogP contribution in [0.4, 0.5) is 0 Å². The van der Waals surface area contributed by atoms with Crippen molar-refractivity contribution in [1.29, 1.82) is 0 Å². The molecule has 2 heterocycles. The van der Waals surface area contributed by atoms with Gasteiger partial charge in [0.15, 0.2) is 5.78 Å². The molecule has 4 heteroatoms. The molecule has 0 bridgehead atoms. The lowest BCUT2D eigenvalue weighted by Gasteiger charge is -2.24. The van der Waals surface area contributed by atoms with Gasteiger partial charge in [-0.2, -0.15) is 0 Å². The van der Waals surface area contributed by atoms with Crippen LogP contribution in [0.1, 0.15) is 37.0 Å². The summed E-state index contributed by atoms with van der Waals surface area (Å²) in [4.78, 5) is 16.7. The molecular formula is C14H20N2O2. The lowest BCUT2D eigenvalue weighted by Crippen LogP contribution is -2.33. The topological polar surface area (TPSA) is 51.2 Å². The number of nitrogens with zero attached hydrogens (tertiary/aromatic N) is 1. The normalized spacial score (nSPS) is 23.0. The zero-order chi connectivity index (χ0) is 13.0. The predicted molar refractivity (Wildman–Crippen MR) is 69.9 cm³/mol. The highest BCUT2D eigenvalue weighted by atomic mass is 16.5. The summed E-state index contributed by atoms with van der Waals surface area (Å²) in [5.41, 5.74) is 0.401. The third-order valence-electron chi connectivity index (χ3n) is 3.69. The molecule has 1 aliphatic heterocycles. The average Bonchev–Trinajstić information content (AvgIpc) is 2.88. The molecule has 1 fully saturated rings. The molecule has 1 saturated heterocycles. The van der Waals surface area contributed by atoms with Gasteiger partial charge in [0.05, 0.1) is 12.8 Å². The molecule has 4 nitrogen and oxygen atoms in total. The van der Waals surface area contributed by atoms with Crippen molar-refractivity contribution in [2.24, 2.45) is 5.41 Å². The van der Waals surface area contributed by atoms with Crippen LogP contribution in [0.25, 0.3) is 0 Å². The maximum Gasteiger partial charge on any atom is 0.171 e. The lowest BCUT2D eigenvalue weighted by atomic mass is 9.77. The van der Waals surface area contributed by atoms with E-state index in [9.17, 15) is 4.79 Å².